The van der Waals surface area contributed by atoms with Gasteiger partial charge in [-0.15, -0.1) is 0 Å². The van der Waals surface area contributed by atoms with Gasteiger partial charge in [0, 0.05) is 38.7 Å². The smallest absolute Gasteiger partial charge is 0.349 e. The van der Waals surface area contributed by atoms with Crippen LogP contribution in [0.1, 0.15) is 26.2 Å². The number of aliphatic imine (C=N–C) groups is 1. The van der Waals surface area contributed by atoms with Crippen molar-refractivity contribution in [2.75, 3.05) is 25.0 Å². The number of rotatable bonds is 3. The van der Waals surface area contributed by atoms with E-state index in [9.17, 15) is 14.9 Å². The van der Waals surface area contributed by atoms with Gasteiger partial charge >= 0.3 is 6.03 Å². The van der Waals surface area contributed by atoms with E-state index in [0.717, 1.165) is 31.6 Å². The number of halogens is 1. The second kappa shape index (κ2) is 7.41. The molecular formula is C15H19ClN4O3. The summed E-state index contributed by atoms with van der Waals surface area (Å²) in [5, 5.41) is 10.9. The molecule has 1 aliphatic heterocycles. The summed E-state index contributed by atoms with van der Waals surface area (Å²) in [7, 11) is 1.92. The van der Waals surface area contributed by atoms with Crippen molar-refractivity contribution >= 4 is 34.8 Å². The van der Waals surface area contributed by atoms with E-state index in [1.54, 1.807) is 6.92 Å². The number of non-ortho nitro benzene ring substituents is 1. The van der Waals surface area contributed by atoms with Gasteiger partial charge in [0.05, 0.1) is 15.6 Å². The number of nitrogens with zero attached hydrogens (tertiary/aromatic N) is 4. The standard InChI is InChI=1S/C15H19ClN4O3/c1-3-19(13-8-7-11(20(22)23)10-12(13)16)15(21)17-14-6-4-5-9-18(14)2/h7-8,10H,3-6,9H2,1-2H3. The Morgan fingerprint density at radius 2 is 2.22 bits per heavy atom. The molecule has 124 valence electrons. The summed E-state index contributed by atoms with van der Waals surface area (Å²) in [5.74, 6) is 0.762. The second-order valence-electron chi connectivity index (χ2n) is 5.33. The van der Waals surface area contributed by atoms with Crippen molar-refractivity contribution in [1.29, 1.82) is 0 Å². The van der Waals surface area contributed by atoms with Crippen LogP contribution in [0.4, 0.5) is 16.2 Å². The molecule has 1 aromatic carbocycles. The lowest BCUT2D eigenvalue weighted by Gasteiger charge is -2.27. The number of hydrogen-bond acceptors (Lipinski definition) is 3. The third-order valence-electron chi connectivity index (χ3n) is 3.79. The molecule has 0 radical (unpaired) electrons. The monoisotopic (exact) mass is 338 g/mol. The maximum atomic E-state index is 12.5. The van der Waals surface area contributed by atoms with Gasteiger partial charge in [-0.1, -0.05) is 11.6 Å². The van der Waals surface area contributed by atoms with E-state index in [-0.39, 0.29) is 10.7 Å². The Hall–Kier alpha value is -2.15. The number of benzene rings is 1. The highest BCUT2D eigenvalue weighted by Crippen LogP contribution is 2.30. The van der Waals surface area contributed by atoms with Gasteiger partial charge in [0.15, 0.2) is 0 Å². The number of carbonyl (C=O) groups is 1. The molecule has 0 bridgehead atoms. The van der Waals surface area contributed by atoms with E-state index in [1.165, 1.54) is 23.1 Å². The molecule has 1 aliphatic rings. The number of likely N-dealkylation sites (tertiary alicyclic amines) is 1. The van der Waals surface area contributed by atoms with Gasteiger partial charge in [-0.25, -0.2) is 4.79 Å². The fraction of sp³-hybridized carbons (Fsp3) is 0.467. The Morgan fingerprint density at radius 3 is 2.78 bits per heavy atom. The molecule has 1 saturated heterocycles. The van der Waals surface area contributed by atoms with Crippen LogP contribution in [0.2, 0.25) is 5.02 Å². The van der Waals surface area contributed by atoms with Gasteiger partial charge in [-0.3, -0.25) is 15.0 Å². The summed E-state index contributed by atoms with van der Waals surface area (Å²) < 4.78 is 0. The number of hydrogen-bond donors (Lipinski definition) is 0. The Kier molecular flexibility index (Phi) is 5.54. The number of anilines is 1. The summed E-state index contributed by atoms with van der Waals surface area (Å²) in [6, 6.07) is 3.64. The molecule has 0 aliphatic carbocycles. The normalized spacial score (nSPS) is 16.5. The van der Waals surface area contributed by atoms with Crippen LogP contribution < -0.4 is 4.90 Å². The molecule has 0 unspecified atom stereocenters. The van der Waals surface area contributed by atoms with Gasteiger partial charge in [0.2, 0.25) is 0 Å². The van der Waals surface area contributed by atoms with E-state index >= 15 is 0 Å². The molecule has 0 saturated carbocycles. The van der Waals surface area contributed by atoms with Crippen molar-refractivity contribution in [3.63, 3.8) is 0 Å². The molecule has 23 heavy (non-hydrogen) atoms. The molecule has 1 heterocycles. The predicted octanol–water partition coefficient (Wildman–Crippen LogP) is 3.71. The minimum absolute atomic E-state index is 0.111. The first-order valence-electron chi connectivity index (χ1n) is 7.48. The third-order valence-corrected chi connectivity index (χ3v) is 4.09. The number of nitro benzene ring substituents is 1. The van der Waals surface area contributed by atoms with Gasteiger partial charge < -0.3 is 4.90 Å². The molecule has 0 spiro atoms. The minimum atomic E-state index is -0.523. The molecule has 0 aromatic heterocycles. The maximum Gasteiger partial charge on any atom is 0.349 e. The third kappa shape index (κ3) is 3.98. The lowest BCUT2D eigenvalue weighted by atomic mass is 10.1. The Labute approximate surface area is 139 Å². The van der Waals surface area contributed by atoms with Crippen LogP contribution in [-0.4, -0.2) is 41.8 Å². The van der Waals surface area contributed by atoms with E-state index < -0.39 is 11.0 Å². The average molecular weight is 339 g/mol. The predicted molar refractivity (Wildman–Crippen MR) is 90.4 cm³/mol. The minimum Gasteiger partial charge on any atom is -0.363 e. The molecule has 2 amide bonds. The lowest BCUT2D eigenvalue weighted by molar-refractivity contribution is -0.384. The van der Waals surface area contributed by atoms with Crippen molar-refractivity contribution < 1.29 is 9.72 Å². The first-order chi connectivity index (χ1) is 10.9. The Morgan fingerprint density at radius 1 is 1.48 bits per heavy atom. The van der Waals surface area contributed by atoms with E-state index in [0.29, 0.717) is 12.2 Å². The van der Waals surface area contributed by atoms with Crippen LogP contribution in [0.5, 0.6) is 0 Å². The molecule has 1 fully saturated rings. The average Bonchev–Trinajstić information content (AvgIpc) is 2.51. The van der Waals surface area contributed by atoms with Crippen molar-refractivity contribution in [3.05, 3.63) is 33.3 Å². The SMILES string of the molecule is CCN(C(=O)N=C1CCCCN1C)c1ccc([N+](=O)[O-])cc1Cl. The number of amidine groups is 1. The van der Waals surface area contributed by atoms with Gasteiger partial charge in [0.1, 0.15) is 5.84 Å². The van der Waals surface area contributed by atoms with E-state index in [2.05, 4.69) is 4.99 Å². The number of piperidine rings is 1. The first kappa shape index (κ1) is 17.2. The molecule has 0 atom stereocenters. The summed E-state index contributed by atoms with van der Waals surface area (Å²) >= 11 is 6.11. The van der Waals surface area contributed by atoms with Crippen molar-refractivity contribution in [1.82, 2.24) is 4.90 Å². The van der Waals surface area contributed by atoms with Crippen LogP contribution >= 0.6 is 11.6 Å². The quantitative estimate of drug-likeness (QED) is 0.621. The summed E-state index contributed by atoms with van der Waals surface area (Å²) in [5.41, 5.74) is 0.313. The molecular weight excluding hydrogens is 320 g/mol. The maximum absolute atomic E-state index is 12.5. The molecule has 8 heteroatoms. The van der Waals surface area contributed by atoms with Crippen LogP contribution in [0.15, 0.2) is 23.2 Å². The second-order valence-corrected chi connectivity index (χ2v) is 5.73. The van der Waals surface area contributed by atoms with E-state index in [4.69, 9.17) is 11.6 Å². The lowest BCUT2D eigenvalue weighted by Crippen LogP contribution is -2.35. The highest BCUT2D eigenvalue weighted by Gasteiger charge is 2.21. The Bertz CT molecular complexity index is 648. The highest BCUT2D eigenvalue weighted by molar-refractivity contribution is 6.34. The molecule has 0 N–H and O–H groups in total. The number of amides is 2. The summed E-state index contributed by atoms with van der Waals surface area (Å²) in [6.45, 7) is 3.06. The molecule has 2 rings (SSSR count). The van der Waals surface area contributed by atoms with Crippen LogP contribution in [0.25, 0.3) is 0 Å². The van der Waals surface area contributed by atoms with Crippen molar-refractivity contribution in [2.24, 2.45) is 4.99 Å². The largest absolute Gasteiger partial charge is 0.363 e. The van der Waals surface area contributed by atoms with Crippen molar-refractivity contribution in [3.8, 4) is 0 Å². The molecule has 1 aromatic rings. The fourth-order valence-electron chi connectivity index (χ4n) is 2.50. The Balaban J connectivity index is 2.27. The highest BCUT2D eigenvalue weighted by atomic mass is 35.5. The van der Waals surface area contributed by atoms with Crippen LogP contribution in [0.3, 0.4) is 0 Å². The van der Waals surface area contributed by atoms with Crippen LogP contribution in [-0.2, 0) is 0 Å². The van der Waals surface area contributed by atoms with Crippen molar-refractivity contribution in [2.45, 2.75) is 26.2 Å². The summed E-state index contributed by atoms with van der Waals surface area (Å²) in [6.07, 6.45) is 2.88. The zero-order chi connectivity index (χ0) is 17.0. The topological polar surface area (TPSA) is 79.0 Å². The zero-order valence-electron chi connectivity index (χ0n) is 13.2. The zero-order valence-corrected chi connectivity index (χ0v) is 13.9. The first-order valence-corrected chi connectivity index (χ1v) is 7.86. The van der Waals surface area contributed by atoms with Gasteiger partial charge in [0.25, 0.3) is 5.69 Å². The summed E-state index contributed by atoms with van der Waals surface area (Å²) in [4.78, 5) is 30.3. The van der Waals surface area contributed by atoms with Gasteiger partial charge in [-0.05, 0) is 25.8 Å². The number of carbonyl (C=O) groups excluding carboxylic acids is 1. The van der Waals surface area contributed by atoms with E-state index in [1.807, 2.05) is 11.9 Å². The molecule has 7 nitrogen and oxygen atoms in total. The number of urea groups is 1. The number of nitro groups is 1. The fourth-order valence-corrected chi connectivity index (χ4v) is 2.78. The van der Waals surface area contributed by atoms with Crippen LogP contribution in [0, 0.1) is 10.1 Å². The van der Waals surface area contributed by atoms with Gasteiger partial charge in [-0.2, -0.15) is 4.99 Å².